The van der Waals surface area contributed by atoms with E-state index in [4.69, 9.17) is 11.6 Å². The summed E-state index contributed by atoms with van der Waals surface area (Å²) in [6, 6.07) is 8.38. The Morgan fingerprint density at radius 3 is 2.47 bits per heavy atom. The second-order valence-electron chi connectivity index (χ2n) is 11.0. The molecular weight excluding hydrogens is 633 g/mol. The van der Waals surface area contributed by atoms with Crippen molar-refractivity contribution in [3.63, 3.8) is 0 Å². The number of benzene rings is 1. The minimum absolute atomic E-state index is 0.0226. The smallest absolute Gasteiger partial charge is 0.369 e. The van der Waals surface area contributed by atoms with Crippen LogP contribution in [0.1, 0.15) is 5.56 Å². The van der Waals surface area contributed by atoms with Crippen LogP contribution >= 0.6 is 11.6 Å². The summed E-state index contributed by atoms with van der Waals surface area (Å²) in [6.45, 7) is 6.47. The molecule has 11 nitrogen and oxygen atoms in total. The van der Waals surface area contributed by atoms with Crippen molar-refractivity contribution < 1.29 is 21.6 Å². The number of aromatic nitrogens is 4. The van der Waals surface area contributed by atoms with Crippen molar-refractivity contribution in [2.24, 2.45) is 0 Å². The molecule has 1 aliphatic heterocycles. The third-order valence-corrected chi connectivity index (χ3v) is 9.23. The lowest BCUT2D eigenvalue weighted by molar-refractivity contribution is -0.106. The van der Waals surface area contributed by atoms with Gasteiger partial charge in [-0.05, 0) is 56.9 Å². The van der Waals surface area contributed by atoms with Gasteiger partial charge in [0.05, 0.1) is 21.2 Å². The molecular formula is C29H32ClF3N8O3S. The van der Waals surface area contributed by atoms with Crippen molar-refractivity contribution in [1.82, 2.24) is 29.7 Å². The fourth-order valence-electron chi connectivity index (χ4n) is 5.11. The molecule has 16 heteroatoms. The van der Waals surface area contributed by atoms with Crippen LogP contribution in [0.2, 0.25) is 5.02 Å². The summed E-state index contributed by atoms with van der Waals surface area (Å²) in [4.78, 5) is 30.4. The van der Waals surface area contributed by atoms with Gasteiger partial charge in [-0.15, -0.1) is 0 Å². The van der Waals surface area contributed by atoms with Gasteiger partial charge in [-0.2, -0.15) is 18.2 Å². The molecule has 5 rings (SSSR count). The van der Waals surface area contributed by atoms with Crippen LogP contribution in [0, 0.1) is 6.92 Å². The minimum Gasteiger partial charge on any atom is -0.369 e. The number of sulfone groups is 1. The number of nitrogens with one attached hydrogen (secondary N) is 2. The molecule has 4 aromatic rings. The Bertz CT molecular complexity index is 1890. The first-order valence-corrected chi connectivity index (χ1v) is 16.1. The number of likely N-dealkylation sites (N-methyl/N-ethyl adjacent to an activating group) is 1. The van der Waals surface area contributed by atoms with E-state index in [1.165, 1.54) is 16.8 Å². The number of aryl methyl sites for hydroxylation is 1. The molecule has 0 atom stereocenters. The standard InChI is InChI=1S/C29H32ClF3N8O3S/c1-18-12-20(4-5-24(18)40-8-6-34-7-9-40)37-28-36-15-19-13-22(27(42)41(26(19)38-28)11-10-39(2)3)25-23(30)14-21(16-35-25)45(43,44)17-29(31,32)33/h4-5,12-16,34H,6-11,17H2,1-3H3,(H,36,37,38). The highest BCUT2D eigenvalue weighted by molar-refractivity contribution is 7.91. The lowest BCUT2D eigenvalue weighted by Gasteiger charge is -2.30. The topological polar surface area (TPSA) is 125 Å². The van der Waals surface area contributed by atoms with E-state index in [2.05, 4.69) is 36.6 Å². The lowest BCUT2D eigenvalue weighted by Crippen LogP contribution is -2.43. The van der Waals surface area contributed by atoms with Crippen LogP contribution in [0.15, 0.2) is 52.4 Å². The number of hydrogen-bond donors (Lipinski definition) is 2. The molecule has 0 aliphatic carbocycles. The summed E-state index contributed by atoms with van der Waals surface area (Å²) in [6.07, 6.45) is -2.63. The lowest BCUT2D eigenvalue weighted by atomic mass is 10.1. The Labute approximate surface area is 263 Å². The highest BCUT2D eigenvalue weighted by atomic mass is 35.5. The zero-order valence-corrected chi connectivity index (χ0v) is 26.4. The van der Waals surface area contributed by atoms with Crippen LogP contribution in [0.4, 0.5) is 30.5 Å². The fraction of sp³-hybridized carbons (Fsp3) is 0.379. The van der Waals surface area contributed by atoms with E-state index in [0.717, 1.165) is 55.4 Å². The van der Waals surface area contributed by atoms with Gasteiger partial charge < -0.3 is 20.4 Å². The average Bonchev–Trinajstić information content (AvgIpc) is 2.96. The van der Waals surface area contributed by atoms with Gasteiger partial charge in [0.2, 0.25) is 5.95 Å². The van der Waals surface area contributed by atoms with E-state index in [0.29, 0.717) is 17.6 Å². The predicted molar refractivity (Wildman–Crippen MR) is 168 cm³/mol. The second kappa shape index (κ2) is 12.9. The maximum Gasteiger partial charge on any atom is 0.403 e. The number of hydrogen-bond acceptors (Lipinski definition) is 10. The molecule has 0 bridgehead atoms. The largest absolute Gasteiger partial charge is 0.403 e. The van der Waals surface area contributed by atoms with Crippen molar-refractivity contribution in [3.05, 3.63) is 63.7 Å². The molecule has 3 aromatic heterocycles. The summed E-state index contributed by atoms with van der Waals surface area (Å²) in [5, 5.41) is 6.77. The average molecular weight is 665 g/mol. The van der Waals surface area contributed by atoms with E-state index in [1.54, 1.807) is 0 Å². The Morgan fingerprint density at radius 1 is 1.09 bits per heavy atom. The molecule has 240 valence electrons. The molecule has 1 saturated heterocycles. The number of alkyl halides is 3. The van der Waals surface area contributed by atoms with Crippen molar-refractivity contribution in [2.45, 2.75) is 24.5 Å². The fourth-order valence-corrected chi connectivity index (χ4v) is 6.55. The number of fused-ring (bicyclic) bond motifs is 1. The van der Waals surface area contributed by atoms with E-state index in [9.17, 15) is 26.4 Å². The maximum absolute atomic E-state index is 13.8. The summed E-state index contributed by atoms with van der Waals surface area (Å²) in [7, 11) is -1.04. The Morgan fingerprint density at radius 2 is 1.82 bits per heavy atom. The van der Waals surface area contributed by atoms with Crippen LogP contribution < -0.4 is 21.1 Å². The maximum atomic E-state index is 13.8. The monoisotopic (exact) mass is 664 g/mol. The number of halogens is 4. The first kappa shape index (κ1) is 32.6. The van der Waals surface area contributed by atoms with Crippen molar-refractivity contribution >= 4 is 49.8 Å². The van der Waals surface area contributed by atoms with Crippen LogP contribution in [0.5, 0.6) is 0 Å². The second-order valence-corrected chi connectivity index (χ2v) is 13.4. The van der Waals surface area contributed by atoms with Gasteiger partial charge in [0.25, 0.3) is 5.56 Å². The molecule has 1 fully saturated rings. The summed E-state index contributed by atoms with van der Waals surface area (Å²) in [5.74, 6) is -1.78. The van der Waals surface area contributed by atoms with Crippen LogP contribution in [-0.2, 0) is 16.4 Å². The number of piperazine rings is 1. The molecule has 0 saturated carbocycles. The van der Waals surface area contributed by atoms with Gasteiger partial charge in [0.15, 0.2) is 15.6 Å². The van der Waals surface area contributed by atoms with Crippen LogP contribution in [-0.4, -0.2) is 91.6 Å². The summed E-state index contributed by atoms with van der Waals surface area (Å²) in [5.41, 5.74) is 2.82. The van der Waals surface area contributed by atoms with Crippen molar-refractivity contribution in [2.75, 3.05) is 62.8 Å². The third-order valence-electron chi connectivity index (χ3n) is 7.29. The molecule has 0 spiro atoms. The highest BCUT2D eigenvalue weighted by Crippen LogP contribution is 2.30. The third kappa shape index (κ3) is 7.54. The molecule has 1 aliphatic rings. The number of nitrogens with zero attached hydrogens (tertiary/aromatic N) is 6. The van der Waals surface area contributed by atoms with E-state index < -0.39 is 32.2 Å². The van der Waals surface area contributed by atoms with E-state index in [1.807, 2.05) is 38.1 Å². The first-order valence-electron chi connectivity index (χ1n) is 14.1. The van der Waals surface area contributed by atoms with Crippen LogP contribution in [0.25, 0.3) is 22.3 Å². The molecule has 4 heterocycles. The number of rotatable bonds is 9. The Hall–Kier alpha value is -3.79. The number of pyridine rings is 2. The zero-order valence-electron chi connectivity index (χ0n) is 24.8. The van der Waals surface area contributed by atoms with Crippen molar-refractivity contribution in [3.8, 4) is 11.3 Å². The predicted octanol–water partition coefficient (Wildman–Crippen LogP) is 3.87. The Balaban J connectivity index is 1.51. The molecule has 2 N–H and O–H groups in total. The molecule has 0 unspecified atom stereocenters. The normalized spacial score (nSPS) is 14.4. The quantitative estimate of drug-likeness (QED) is 0.273. The first-order chi connectivity index (χ1) is 21.2. The summed E-state index contributed by atoms with van der Waals surface area (Å²) >= 11 is 6.32. The Kier molecular flexibility index (Phi) is 9.35. The highest BCUT2D eigenvalue weighted by Gasteiger charge is 2.36. The van der Waals surface area contributed by atoms with Gasteiger partial charge in [0, 0.05) is 68.4 Å². The molecule has 45 heavy (non-hydrogen) atoms. The number of anilines is 3. The minimum atomic E-state index is -4.94. The van der Waals surface area contributed by atoms with Crippen LogP contribution in [0.3, 0.4) is 0 Å². The SMILES string of the molecule is Cc1cc(Nc2ncc3cc(-c4ncc(S(=O)(=O)CC(F)(F)F)cc4Cl)c(=O)n(CCN(C)C)c3n2)ccc1N1CCNCC1. The summed E-state index contributed by atoms with van der Waals surface area (Å²) < 4.78 is 64.4. The van der Waals surface area contributed by atoms with E-state index in [-0.39, 0.29) is 28.8 Å². The van der Waals surface area contributed by atoms with Gasteiger partial charge in [-0.3, -0.25) is 14.3 Å². The van der Waals surface area contributed by atoms with E-state index >= 15 is 0 Å². The molecule has 0 amide bonds. The molecule has 1 aromatic carbocycles. The molecule has 0 radical (unpaired) electrons. The van der Waals surface area contributed by atoms with Gasteiger partial charge in [-0.1, -0.05) is 11.6 Å². The van der Waals surface area contributed by atoms with Crippen molar-refractivity contribution in [1.29, 1.82) is 0 Å². The van der Waals surface area contributed by atoms with Gasteiger partial charge >= 0.3 is 6.18 Å². The van der Waals surface area contributed by atoms with Gasteiger partial charge in [0.1, 0.15) is 5.65 Å². The zero-order chi connectivity index (χ0) is 32.5. The van der Waals surface area contributed by atoms with Gasteiger partial charge in [-0.25, -0.2) is 13.4 Å².